The summed E-state index contributed by atoms with van der Waals surface area (Å²) < 4.78 is 5.57. The molecule has 1 aliphatic carbocycles. The summed E-state index contributed by atoms with van der Waals surface area (Å²) in [4.78, 5) is 0. The van der Waals surface area contributed by atoms with Crippen LogP contribution in [0.25, 0.3) is 0 Å². The van der Waals surface area contributed by atoms with E-state index in [2.05, 4.69) is 13.8 Å². The van der Waals surface area contributed by atoms with Gasteiger partial charge in [0, 0.05) is 18.1 Å². The summed E-state index contributed by atoms with van der Waals surface area (Å²) in [5.41, 5.74) is 6.97. The molecule has 1 aliphatic heterocycles. The first kappa shape index (κ1) is 10.4. The Morgan fingerprint density at radius 1 is 1.21 bits per heavy atom. The van der Waals surface area contributed by atoms with Crippen LogP contribution < -0.4 is 5.73 Å². The third kappa shape index (κ3) is 1.49. The van der Waals surface area contributed by atoms with Gasteiger partial charge in [-0.2, -0.15) is 0 Å². The maximum absolute atomic E-state index is 6.63. The van der Waals surface area contributed by atoms with Crippen LogP contribution in [0.5, 0.6) is 0 Å². The van der Waals surface area contributed by atoms with Crippen molar-refractivity contribution in [2.75, 3.05) is 13.2 Å². The molecule has 0 amide bonds. The Balaban J connectivity index is 2.13. The van der Waals surface area contributed by atoms with Gasteiger partial charge in [-0.1, -0.05) is 20.3 Å². The van der Waals surface area contributed by atoms with Gasteiger partial charge < -0.3 is 10.5 Å². The SMILES string of the molecule is CC1(C)CCCC1(N)C1CCCOC1. The third-order valence-electron chi connectivity index (χ3n) is 4.54. The van der Waals surface area contributed by atoms with E-state index in [4.69, 9.17) is 10.5 Å². The molecule has 0 radical (unpaired) electrons. The summed E-state index contributed by atoms with van der Waals surface area (Å²) in [5.74, 6) is 0.591. The maximum atomic E-state index is 6.63. The molecule has 2 fully saturated rings. The number of ether oxygens (including phenoxy) is 1. The lowest BCUT2D eigenvalue weighted by Crippen LogP contribution is -2.56. The Morgan fingerprint density at radius 3 is 2.50 bits per heavy atom. The van der Waals surface area contributed by atoms with Crippen LogP contribution >= 0.6 is 0 Å². The van der Waals surface area contributed by atoms with Gasteiger partial charge in [-0.15, -0.1) is 0 Å². The van der Waals surface area contributed by atoms with Crippen LogP contribution in [0.3, 0.4) is 0 Å². The van der Waals surface area contributed by atoms with Gasteiger partial charge in [0.1, 0.15) is 0 Å². The van der Waals surface area contributed by atoms with E-state index in [0.717, 1.165) is 13.2 Å². The molecule has 82 valence electrons. The molecule has 0 bridgehead atoms. The molecule has 1 saturated carbocycles. The minimum atomic E-state index is 0.0351. The molecule has 0 aromatic heterocycles. The van der Waals surface area contributed by atoms with E-state index in [1.54, 1.807) is 0 Å². The quantitative estimate of drug-likeness (QED) is 0.700. The lowest BCUT2D eigenvalue weighted by Gasteiger charge is -2.45. The number of hydrogen-bond acceptors (Lipinski definition) is 2. The summed E-state index contributed by atoms with van der Waals surface area (Å²) in [6, 6.07) is 0. The van der Waals surface area contributed by atoms with Gasteiger partial charge in [-0.3, -0.25) is 0 Å². The summed E-state index contributed by atoms with van der Waals surface area (Å²) in [5, 5.41) is 0. The topological polar surface area (TPSA) is 35.2 Å². The molecule has 0 aromatic rings. The Morgan fingerprint density at radius 2 is 2.00 bits per heavy atom. The number of nitrogens with two attached hydrogens (primary N) is 1. The monoisotopic (exact) mass is 197 g/mol. The smallest absolute Gasteiger partial charge is 0.0512 e. The third-order valence-corrected chi connectivity index (χ3v) is 4.54. The Hall–Kier alpha value is -0.0800. The maximum Gasteiger partial charge on any atom is 0.0512 e. The highest BCUT2D eigenvalue weighted by Gasteiger charge is 2.50. The van der Waals surface area contributed by atoms with Gasteiger partial charge >= 0.3 is 0 Å². The molecule has 2 rings (SSSR count). The lowest BCUT2D eigenvalue weighted by atomic mass is 9.66. The highest BCUT2D eigenvalue weighted by molar-refractivity contribution is 5.06. The van der Waals surface area contributed by atoms with E-state index in [-0.39, 0.29) is 5.54 Å². The van der Waals surface area contributed by atoms with Crippen molar-refractivity contribution in [1.29, 1.82) is 0 Å². The minimum absolute atomic E-state index is 0.0351. The molecule has 1 saturated heterocycles. The molecular weight excluding hydrogens is 174 g/mol. The molecule has 2 atom stereocenters. The fraction of sp³-hybridized carbons (Fsp3) is 1.00. The van der Waals surface area contributed by atoms with Crippen LogP contribution in [-0.2, 0) is 4.74 Å². The van der Waals surface area contributed by atoms with Gasteiger partial charge in [0.25, 0.3) is 0 Å². The molecule has 0 spiro atoms. The molecule has 2 heteroatoms. The average Bonchev–Trinajstić information content (AvgIpc) is 2.44. The second-order valence-electron chi connectivity index (χ2n) is 5.69. The second-order valence-corrected chi connectivity index (χ2v) is 5.69. The zero-order valence-electron chi connectivity index (χ0n) is 9.51. The molecule has 1 heterocycles. The fourth-order valence-corrected chi connectivity index (χ4v) is 3.30. The Labute approximate surface area is 87.2 Å². The predicted octanol–water partition coefficient (Wildman–Crippen LogP) is 2.32. The second kappa shape index (κ2) is 3.49. The van der Waals surface area contributed by atoms with Crippen LogP contribution in [0.1, 0.15) is 46.0 Å². The number of hydrogen-bond donors (Lipinski definition) is 1. The van der Waals surface area contributed by atoms with Crippen molar-refractivity contribution in [2.45, 2.75) is 51.5 Å². The van der Waals surface area contributed by atoms with Gasteiger partial charge in [0.15, 0.2) is 0 Å². The highest BCUT2D eigenvalue weighted by Crippen LogP contribution is 2.49. The molecule has 2 unspecified atom stereocenters. The fourth-order valence-electron chi connectivity index (χ4n) is 3.30. The van der Waals surface area contributed by atoms with Gasteiger partial charge in [-0.25, -0.2) is 0 Å². The van der Waals surface area contributed by atoms with Crippen LogP contribution in [-0.4, -0.2) is 18.8 Å². The zero-order valence-corrected chi connectivity index (χ0v) is 9.51. The zero-order chi connectivity index (χ0) is 10.2. The molecule has 2 nitrogen and oxygen atoms in total. The van der Waals surface area contributed by atoms with Crippen LogP contribution in [0, 0.1) is 11.3 Å². The number of rotatable bonds is 1. The summed E-state index contributed by atoms with van der Waals surface area (Å²) in [6.45, 7) is 6.48. The molecular formula is C12H23NO. The van der Waals surface area contributed by atoms with E-state index < -0.39 is 0 Å². The van der Waals surface area contributed by atoms with Crippen LogP contribution in [0.2, 0.25) is 0 Å². The van der Waals surface area contributed by atoms with Crippen molar-refractivity contribution in [3.05, 3.63) is 0 Å². The summed E-state index contributed by atoms with van der Waals surface area (Å²) >= 11 is 0. The van der Waals surface area contributed by atoms with Crippen LogP contribution in [0.4, 0.5) is 0 Å². The van der Waals surface area contributed by atoms with Gasteiger partial charge in [-0.05, 0) is 31.1 Å². The normalized spacial score (nSPS) is 42.6. The molecule has 2 N–H and O–H groups in total. The van der Waals surface area contributed by atoms with Crippen molar-refractivity contribution in [3.8, 4) is 0 Å². The van der Waals surface area contributed by atoms with Crippen molar-refractivity contribution >= 4 is 0 Å². The average molecular weight is 197 g/mol. The molecule has 0 aromatic carbocycles. The Bertz CT molecular complexity index is 208. The first-order chi connectivity index (χ1) is 6.56. The molecule has 14 heavy (non-hydrogen) atoms. The highest BCUT2D eigenvalue weighted by atomic mass is 16.5. The van der Waals surface area contributed by atoms with E-state index in [1.165, 1.54) is 32.1 Å². The van der Waals surface area contributed by atoms with E-state index in [1.807, 2.05) is 0 Å². The minimum Gasteiger partial charge on any atom is -0.381 e. The summed E-state index contributed by atoms with van der Waals surface area (Å²) in [7, 11) is 0. The summed E-state index contributed by atoms with van der Waals surface area (Å²) in [6.07, 6.45) is 6.22. The largest absolute Gasteiger partial charge is 0.381 e. The van der Waals surface area contributed by atoms with E-state index in [9.17, 15) is 0 Å². The predicted molar refractivity (Wildman–Crippen MR) is 58.1 cm³/mol. The first-order valence-electron chi connectivity index (χ1n) is 5.93. The lowest BCUT2D eigenvalue weighted by molar-refractivity contribution is -0.00646. The van der Waals surface area contributed by atoms with Crippen molar-refractivity contribution in [1.82, 2.24) is 0 Å². The van der Waals surface area contributed by atoms with Crippen LogP contribution in [0.15, 0.2) is 0 Å². The first-order valence-corrected chi connectivity index (χ1v) is 5.93. The Kier molecular flexibility index (Phi) is 2.61. The van der Waals surface area contributed by atoms with Crippen molar-refractivity contribution < 1.29 is 4.74 Å². The van der Waals surface area contributed by atoms with Gasteiger partial charge in [0.2, 0.25) is 0 Å². The van der Waals surface area contributed by atoms with Crippen molar-refractivity contribution in [3.63, 3.8) is 0 Å². The van der Waals surface area contributed by atoms with Gasteiger partial charge in [0.05, 0.1) is 6.61 Å². The van der Waals surface area contributed by atoms with E-state index >= 15 is 0 Å². The standard InChI is InChI=1S/C12H23NO/c1-11(2)6-4-7-12(11,13)10-5-3-8-14-9-10/h10H,3-9,13H2,1-2H3. The van der Waals surface area contributed by atoms with E-state index in [0.29, 0.717) is 11.3 Å². The van der Waals surface area contributed by atoms with Crippen molar-refractivity contribution in [2.24, 2.45) is 17.1 Å². The molecule has 2 aliphatic rings.